The molecule has 0 aliphatic carbocycles. The van der Waals surface area contributed by atoms with Crippen molar-refractivity contribution in [3.8, 4) is 0 Å². The highest BCUT2D eigenvalue weighted by atomic mass is 32.2. The molecule has 5 rings (SSSR count). The van der Waals surface area contributed by atoms with Gasteiger partial charge in [-0.25, -0.2) is 8.42 Å². The van der Waals surface area contributed by atoms with E-state index in [2.05, 4.69) is 38.9 Å². The summed E-state index contributed by atoms with van der Waals surface area (Å²) >= 11 is 0. The molecule has 4 aromatic rings. The Balaban J connectivity index is 1.22. The molecule has 3 aromatic carbocycles. The van der Waals surface area contributed by atoms with Crippen molar-refractivity contribution in [3.63, 3.8) is 0 Å². The second-order valence-electron chi connectivity index (χ2n) is 8.83. The summed E-state index contributed by atoms with van der Waals surface area (Å²) in [5, 5.41) is 0.787. The van der Waals surface area contributed by atoms with Crippen molar-refractivity contribution in [2.24, 2.45) is 0 Å². The van der Waals surface area contributed by atoms with Gasteiger partial charge in [0.25, 0.3) is 10.0 Å². The normalized spacial score (nSPS) is 15.7. The molecule has 0 spiro atoms. The van der Waals surface area contributed by atoms with Gasteiger partial charge in [0.15, 0.2) is 0 Å². The Kier molecular flexibility index (Phi) is 6.08. The molecule has 0 unspecified atom stereocenters. The van der Waals surface area contributed by atoms with Crippen LogP contribution in [0.15, 0.2) is 96.0 Å². The minimum atomic E-state index is -3.76. The number of nitrogens with one attached hydrogen (secondary N) is 1. The maximum absolute atomic E-state index is 13.0. The van der Waals surface area contributed by atoms with Crippen LogP contribution >= 0.6 is 0 Å². The summed E-state index contributed by atoms with van der Waals surface area (Å²) in [6, 6.07) is 26.7. The van der Waals surface area contributed by atoms with Crippen molar-refractivity contribution < 1.29 is 13.2 Å². The third-order valence-corrected chi connectivity index (χ3v) is 7.74. The number of hydrogen-bond acceptors (Lipinski definition) is 5. The van der Waals surface area contributed by atoms with Crippen molar-refractivity contribution in [2.45, 2.75) is 23.5 Å². The average molecular weight is 474 g/mol. The summed E-state index contributed by atoms with van der Waals surface area (Å²) in [4.78, 5) is 6.77. The van der Waals surface area contributed by atoms with Gasteiger partial charge in [-0.1, -0.05) is 60.7 Å². The van der Waals surface area contributed by atoms with Crippen LogP contribution in [0.2, 0.25) is 0 Å². The molecule has 1 aliphatic rings. The minimum absolute atomic E-state index is 0.149. The van der Waals surface area contributed by atoms with Gasteiger partial charge < -0.3 is 4.74 Å². The maximum Gasteiger partial charge on any atom is 0.264 e. The number of anilines is 1. The third kappa shape index (κ3) is 4.68. The van der Waals surface area contributed by atoms with Crippen LogP contribution < -0.4 is 4.72 Å². The molecule has 1 fully saturated rings. The Morgan fingerprint density at radius 1 is 0.912 bits per heavy atom. The van der Waals surface area contributed by atoms with Crippen LogP contribution in [0.4, 0.5) is 5.69 Å². The molecule has 34 heavy (non-hydrogen) atoms. The number of aromatic nitrogens is 1. The first-order chi connectivity index (χ1) is 16.5. The second kappa shape index (κ2) is 9.18. The quantitative estimate of drug-likeness (QED) is 0.409. The Morgan fingerprint density at radius 2 is 1.65 bits per heavy atom. The van der Waals surface area contributed by atoms with E-state index in [9.17, 15) is 8.42 Å². The third-order valence-electron chi connectivity index (χ3n) is 6.32. The molecule has 1 aliphatic heterocycles. The Morgan fingerprint density at radius 3 is 2.38 bits per heavy atom. The van der Waals surface area contributed by atoms with Crippen molar-refractivity contribution in [3.05, 3.63) is 102 Å². The number of likely N-dealkylation sites (tertiary alicyclic amines) is 1. The van der Waals surface area contributed by atoms with Gasteiger partial charge in [-0.2, -0.15) is 0 Å². The van der Waals surface area contributed by atoms with Crippen LogP contribution in [0.1, 0.15) is 11.1 Å². The fourth-order valence-electron chi connectivity index (χ4n) is 4.60. The summed E-state index contributed by atoms with van der Waals surface area (Å²) in [5.74, 6) is 0. The predicted molar refractivity (Wildman–Crippen MR) is 134 cm³/mol. The van der Waals surface area contributed by atoms with Crippen LogP contribution in [0.25, 0.3) is 10.9 Å². The second-order valence-corrected chi connectivity index (χ2v) is 10.5. The van der Waals surface area contributed by atoms with E-state index in [4.69, 9.17) is 4.74 Å². The van der Waals surface area contributed by atoms with Gasteiger partial charge in [0.1, 0.15) is 4.90 Å². The Hall–Kier alpha value is -3.26. The largest absolute Gasteiger partial charge is 0.375 e. The van der Waals surface area contributed by atoms with Crippen LogP contribution in [0.3, 0.4) is 0 Å². The molecule has 0 atom stereocenters. The van der Waals surface area contributed by atoms with Gasteiger partial charge in [-0.05, 0) is 35.4 Å². The average Bonchev–Trinajstić information content (AvgIpc) is 2.83. The summed E-state index contributed by atoms with van der Waals surface area (Å²) in [6.07, 6.45) is 2.49. The summed E-state index contributed by atoms with van der Waals surface area (Å²) < 4.78 is 34.6. The van der Waals surface area contributed by atoms with Gasteiger partial charge in [-0.15, -0.1) is 0 Å². The summed E-state index contributed by atoms with van der Waals surface area (Å²) in [5.41, 5.74) is 3.24. The number of para-hydroxylation sites is 1. The van der Waals surface area contributed by atoms with E-state index >= 15 is 0 Å². The first-order valence-corrected chi connectivity index (χ1v) is 12.7. The number of hydrogen-bond donors (Lipinski definition) is 1. The van der Waals surface area contributed by atoms with Crippen LogP contribution in [0, 0.1) is 0 Å². The lowest BCUT2D eigenvalue weighted by atomic mass is 9.86. The van der Waals surface area contributed by atoms with Crippen molar-refractivity contribution in [1.82, 2.24) is 9.88 Å². The molecule has 1 aromatic heterocycles. The fourth-order valence-corrected chi connectivity index (χ4v) is 5.84. The monoisotopic (exact) mass is 473 g/mol. The smallest absolute Gasteiger partial charge is 0.264 e. The molecule has 7 heteroatoms. The lowest BCUT2D eigenvalue weighted by Crippen LogP contribution is -2.63. The fraction of sp³-hybridized carbons (Fsp3) is 0.222. The van der Waals surface area contributed by atoms with Crippen LogP contribution in [-0.2, 0) is 27.7 Å². The molecule has 2 heterocycles. The lowest BCUT2D eigenvalue weighted by Gasteiger charge is -2.49. The molecule has 1 N–H and O–H groups in total. The summed E-state index contributed by atoms with van der Waals surface area (Å²) in [6.45, 7) is 2.52. The van der Waals surface area contributed by atoms with E-state index < -0.39 is 10.0 Å². The number of ether oxygens (including phenoxy) is 1. The Bertz CT molecular complexity index is 1380. The maximum atomic E-state index is 13.0. The number of nitrogens with zero attached hydrogens (tertiary/aromatic N) is 2. The van der Waals surface area contributed by atoms with E-state index in [1.165, 1.54) is 5.56 Å². The minimum Gasteiger partial charge on any atom is -0.375 e. The highest BCUT2D eigenvalue weighted by Gasteiger charge is 2.43. The molecule has 1 saturated heterocycles. The van der Waals surface area contributed by atoms with E-state index in [0.717, 1.165) is 37.0 Å². The van der Waals surface area contributed by atoms with Gasteiger partial charge in [-0.3, -0.25) is 14.6 Å². The number of rotatable bonds is 8. The van der Waals surface area contributed by atoms with E-state index in [0.29, 0.717) is 11.2 Å². The molecule has 174 valence electrons. The first-order valence-electron chi connectivity index (χ1n) is 11.2. The van der Waals surface area contributed by atoms with Crippen LogP contribution in [0.5, 0.6) is 0 Å². The SMILES string of the molecule is COC1(Cc2ccccc2)CN(Cc2ccc(NS(=O)(=O)c3cccc4cccnc34)cc2)C1. The Labute approximate surface area is 200 Å². The number of benzene rings is 3. The number of sulfonamides is 1. The van der Waals surface area contributed by atoms with Crippen molar-refractivity contribution >= 4 is 26.6 Å². The van der Waals surface area contributed by atoms with E-state index in [1.807, 2.05) is 30.3 Å². The highest BCUT2D eigenvalue weighted by Crippen LogP contribution is 2.30. The van der Waals surface area contributed by atoms with E-state index in [1.54, 1.807) is 43.6 Å². The molecule has 0 bridgehead atoms. The van der Waals surface area contributed by atoms with Gasteiger partial charge in [0, 0.05) is 50.4 Å². The zero-order chi connectivity index (χ0) is 23.6. The molecule has 0 amide bonds. The molecule has 0 saturated carbocycles. The standard InChI is InChI=1S/C27H27N3O3S/c1-33-27(17-21-7-3-2-4-8-21)19-30(20-27)18-22-12-14-24(15-13-22)29-34(31,32)25-11-5-9-23-10-6-16-28-26(23)25/h2-16,29H,17-20H2,1H3. The zero-order valence-corrected chi connectivity index (χ0v) is 19.8. The van der Waals surface area contributed by atoms with Gasteiger partial charge >= 0.3 is 0 Å². The molecule has 6 nitrogen and oxygen atoms in total. The number of methoxy groups -OCH3 is 1. The van der Waals surface area contributed by atoms with Crippen molar-refractivity contribution in [2.75, 3.05) is 24.9 Å². The molecular formula is C27H27N3O3S. The van der Waals surface area contributed by atoms with Gasteiger partial charge in [0.2, 0.25) is 0 Å². The zero-order valence-electron chi connectivity index (χ0n) is 19.0. The highest BCUT2D eigenvalue weighted by molar-refractivity contribution is 7.93. The van der Waals surface area contributed by atoms with Gasteiger partial charge in [0.05, 0.1) is 11.1 Å². The lowest BCUT2D eigenvalue weighted by molar-refractivity contribution is -0.126. The number of pyridine rings is 1. The predicted octanol–water partition coefficient (Wildman–Crippen LogP) is 4.48. The molecular weight excluding hydrogens is 446 g/mol. The van der Waals surface area contributed by atoms with E-state index in [-0.39, 0.29) is 10.5 Å². The number of fused-ring (bicyclic) bond motifs is 1. The first kappa shape index (κ1) is 22.5. The van der Waals surface area contributed by atoms with Crippen molar-refractivity contribution in [1.29, 1.82) is 0 Å². The molecule has 0 radical (unpaired) electrons. The summed E-state index contributed by atoms with van der Waals surface area (Å²) in [7, 11) is -1.97. The van der Waals surface area contributed by atoms with Crippen LogP contribution in [-0.4, -0.2) is 44.1 Å². The topological polar surface area (TPSA) is 71.5 Å².